The molecule has 0 aromatic carbocycles. The first-order valence-electron chi connectivity index (χ1n) is 4.80. The van der Waals surface area contributed by atoms with E-state index in [-0.39, 0.29) is 12.5 Å². The largest absolute Gasteiger partial charge is 0.481 e. The van der Waals surface area contributed by atoms with Crippen LogP contribution in [-0.2, 0) is 4.79 Å². The lowest BCUT2D eigenvalue weighted by Gasteiger charge is -2.04. The highest BCUT2D eigenvalue weighted by atomic mass is 16.4. The summed E-state index contributed by atoms with van der Waals surface area (Å²) in [6, 6.07) is -0.270. The molecule has 0 heterocycles. The molecule has 5 nitrogen and oxygen atoms in total. The molecule has 0 rings (SSSR count). The molecule has 84 valence electrons. The molecule has 0 aromatic rings. The lowest BCUT2D eigenvalue weighted by atomic mass is 10.2. The van der Waals surface area contributed by atoms with Gasteiger partial charge in [-0.15, -0.1) is 5.92 Å². The van der Waals surface area contributed by atoms with Gasteiger partial charge in [-0.1, -0.05) is 5.92 Å². The van der Waals surface area contributed by atoms with Gasteiger partial charge in [0.15, 0.2) is 0 Å². The van der Waals surface area contributed by atoms with Crippen LogP contribution in [0.15, 0.2) is 0 Å². The highest BCUT2D eigenvalue weighted by Crippen LogP contribution is 1.92. The first-order valence-corrected chi connectivity index (χ1v) is 4.80. The van der Waals surface area contributed by atoms with Crippen molar-refractivity contribution in [1.82, 2.24) is 10.6 Å². The maximum atomic E-state index is 11.0. The van der Waals surface area contributed by atoms with Crippen LogP contribution < -0.4 is 10.6 Å². The van der Waals surface area contributed by atoms with Gasteiger partial charge in [-0.25, -0.2) is 4.79 Å². The fraction of sp³-hybridized carbons (Fsp3) is 0.600. The Kier molecular flexibility index (Phi) is 7.87. The second kappa shape index (κ2) is 8.88. The summed E-state index contributed by atoms with van der Waals surface area (Å²) in [6.07, 6.45) is 1.38. The van der Waals surface area contributed by atoms with Crippen LogP contribution in [0.4, 0.5) is 4.79 Å². The van der Waals surface area contributed by atoms with E-state index in [9.17, 15) is 9.59 Å². The Bertz CT molecular complexity index is 266. The standard InChI is InChI=1S/C10H16N2O3/c1-2-3-7-11-10(15)12-8-5-4-6-9(13)14/h4-8H2,1H3,(H,13,14)(H2,11,12,15). The van der Waals surface area contributed by atoms with Crippen molar-refractivity contribution in [2.24, 2.45) is 0 Å². The Labute approximate surface area is 89.2 Å². The smallest absolute Gasteiger partial charge is 0.315 e. The lowest BCUT2D eigenvalue weighted by Crippen LogP contribution is -2.36. The number of urea groups is 1. The number of carboxylic acid groups (broad SMARTS) is 1. The lowest BCUT2D eigenvalue weighted by molar-refractivity contribution is -0.137. The van der Waals surface area contributed by atoms with E-state index in [0.29, 0.717) is 25.9 Å². The summed E-state index contributed by atoms with van der Waals surface area (Å²) < 4.78 is 0. The molecular weight excluding hydrogens is 196 g/mol. The molecule has 0 saturated heterocycles. The minimum Gasteiger partial charge on any atom is -0.481 e. The molecule has 0 aromatic heterocycles. The zero-order valence-electron chi connectivity index (χ0n) is 8.80. The highest BCUT2D eigenvalue weighted by molar-refractivity contribution is 5.74. The van der Waals surface area contributed by atoms with Gasteiger partial charge in [-0.3, -0.25) is 4.79 Å². The molecule has 3 N–H and O–H groups in total. The average molecular weight is 212 g/mol. The Morgan fingerprint density at radius 1 is 1.27 bits per heavy atom. The number of rotatable bonds is 6. The summed E-state index contributed by atoms with van der Waals surface area (Å²) in [5.41, 5.74) is 0. The minimum atomic E-state index is -0.808. The summed E-state index contributed by atoms with van der Waals surface area (Å²) in [4.78, 5) is 21.2. The van der Waals surface area contributed by atoms with Crippen LogP contribution in [-0.4, -0.2) is 30.2 Å². The number of hydrogen-bond donors (Lipinski definition) is 3. The zero-order chi connectivity index (χ0) is 11.5. The molecule has 0 fully saturated rings. The second-order valence-electron chi connectivity index (χ2n) is 2.89. The summed E-state index contributed by atoms with van der Waals surface area (Å²) in [5.74, 6) is 4.54. The monoisotopic (exact) mass is 212 g/mol. The number of carbonyl (C=O) groups excluding carboxylic acids is 1. The van der Waals surface area contributed by atoms with Crippen molar-refractivity contribution in [3.05, 3.63) is 0 Å². The van der Waals surface area contributed by atoms with Gasteiger partial charge >= 0.3 is 12.0 Å². The van der Waals surface area contributed by atoms with Gasteiger partial charge in [0.25, 0.3) is 0 Å². The molecule has 15 heavy (non-hydrogen) atoms. The fourth-order valence-corrected chi connectivity index (χ4v) is 0.879. The van der Waals surface area contributed by atoms with Gasteiger partial charge in [0.1, 0.15) is 0 Å². The van der Waals surface area contributed by atoms with E-state index in [1.165, 1.54) is 0 Å². The molecule has 0 aliphatic rings. The Balaban J connectivity index is 3.30. The van der Waals surface area contributed by atoms with Gasteiger partial charge < -0.3 is 15.7 Å². The summed E-state index contributed by atoms with van der Waals surface area (Å²) in [5, 5.41) is 13.5. The summed E-state index contributed by atoms with van der Waals surface area (Å²) in [6.45, 7) is 2.52. The molecule has 0 unspecified atom stereocenters. The second-order valence-corrected chi connectivity index (χ2v) is 2.89. The Morgan fingerprint density at radius 3 is 2.60 bits per heavy atom. The van der Waals surface area contributed by atoms with Crippen LogP contribution >= 0.6 is 0 Å². The van der Waals surface area contributed by atoms with E-state index in [4.69, 9.17) is 5.11 Å². The zero-order valence-corrected chi connectivity index (χ0v) is 8.80. The predicted octanol–water partition coefficient (Wildman–Crippen LogP) is 0.564. The quantitative estimate of drug-likeness (QED) is 0.444. The summed E-state index contributed by atoms with van der Waals surface area (Å²) >= 11 is 0. The predicted molar refractivity (Wildman–Crippen MR) is 56.3 cm³/mol. The van der Waals surface area contributed by atoms with Crippen LogP contribution in [0, 0.1) is 11.8 Å². The van der Waals surface area contributed by atoms with Crippen molar-refractivity contribution in [3.8, 4) is 11.8 Å². The number of carboxylic acids is 1. The average Bonchev–Trinajstić information content (AvgIpc) is 2.17. The van der Waals surface area contributed by atoms with Crippen molar-refractivity contribution < 1.29 is 14.7 Å². The third-order valence-electron chi connectivity index (χ3n) is 1.62. The Hall–Kier alpha value is -1.70. The highest BCUT2D eigenvalue weighted by Gasteiger charge is 1.98. The van der Waals surface area contributed by atoms with E-state index in [2.05, 4.69) is 22.5 Å². The molecule has 0 spiro atoms. The molecule has 0 atom stereocenters. The van der Waals surface area contributed by atoms with Gasteiger partial charge in [-0.2, -0.15) is 0 Å². The maximum absolute atomic E-state index is 11.0. The normalized spacial score (nSPS) is 8.60. The van der Waals surface area contributed by atoms with E-state index >= 15 is 0 Å². The molecule has 0 bridgehead atoms. The number of hydrogen-bond acceptors (Lipinski definition) is 2. The number of unbranched alkanes of at least 4 members (excludes halogenated alkanes) is 1. The number of aliphatic carboxylic acids is 1. The van der Waals surface area contributed by atoms with E-state index in [1.54, 1.807) is 6.92 Å². The van der Waals surface area contributed by atoms with Gasteiger partial charge in [0, 0.05) is 13.0 Å². The number of amides is 2. The molecule has 0 aliphatic carbocycles. The van der Waals surface area contributed by atoms with E-state index in [1.807, 2.05) is 0 Å². The fourth-order valence-electron chi connectivity index (χ4n) is 0.879. The van der Waals surface area contributed by atoms with E-state index in [0.717, 1.165) is 0 Å². The SMILES string of the molecule is CC#CCNC(=O)NCCCCC(=O)O. The van der Waals surface area contributed by atoms with E-state index < -0.39 is 5.97 Å². The van der Waals surface area contributed by atoms with Crippen molar-refractivity contribution in [2.75, 3.05) is 13.1 Å². The maximum Gasteiger partial charge on any atom is 0.315 e. The van der Waals surface area contributed by atoms with Gasteiger partial charge in [-0.05, 0) is 19.8 Å². The van der Waals surface area contributed by atoms with Crippen molar-refractivity contribution >= 4 is 12.0 Å². The van der Waals surface area contributed by atoms with Crippen molar-refractivity contribution in [2.45, 2.75) is 26.2 Å². The van der Waals surface area contributed by atoms with Crippen molar-refractivity contribution in [1.29, 1.82) is 0 Å². The van der Waals surface area contributed by atoms with Gasteiger partial charge in [0.05, 0.1) is 6.54 Å². The van der Waals surface area contributed by atoms with Crippen LogP contribution in [0.25, 0.3) is 0 Å². The third kappa shape index (κ3) is 10.2. The number of nitrogens with one attached hydrogen (secondary N) is 2. The van der Waals surface area contributed by atoms with Crippen LogP contribution in [0.1, 0.15) is 26.2 Å². The van der Waals surface area contributed by atoms with Crippen LogP contribution in [0.2, 0.25) is 0 Å². The molecule has 2 amide bonds. The third-order valence-corrected chi connectivity index (χ3v) is 1.62. The summed E-state index contributed by atoms with van der Waals surface area (Å²) in [7, 11) is 0. The first kappa shape index (κ1) is 13.3. The van der Waals surface area contributed by atoms with Gasteiger partial charge in [0.2, 0.25) is 0 Å². The molecular formula is C10H16N2O3. The van der Waals surface area contributed by atoms with Crippen molar-refractivity contribution in [3.63, 3.8) is 0 Å². The van der Waals surface area contributed by atoms with Crippen LogP contribution in [0.5, 0.6) is 0 Å². The topological polar surface area (TPSA) is 78.4 Å². The molecule has 0 radical (unpaired) electrons. The van der Waals surface area contributed by atoms with Crippen LogP contribution in [0.3, 0.4) is 0 Å². The minimum absolute atomic E-state index is 0.143. The molecule has 5 heteroatoms. The molecule has 0 saturated carbocycles. The Morgan fingerprint density at radius 2 is 2.00 bits per heavy atom. The first-order chi connectivity index (χ1) is 7.16. The number of carbonyl (C=O) groups is 2. The molecule has 0 aliphatic heterocycles.